The predicted molar refractivity (Wildman–Crippen MR) is 102 cm³/mol. The highest BCUT2D eigenvalue weighted by atomic mass is 32.2. The number of hydrogen-bond acceptors (Lipinski definition) is 5. The normalized spacial score (nSPS) is 20.0. The fraction of sp³-hybridized carbons (Fsp3) is 0.333. The van der Waals surface area contributed by atoms with Crippen molar-refractivity contribution < 1.29 is 22.7 Å². The minimum atomic E-state index is -3.74. The minimum absolute atomic E-state index is 0.0547. The molecule has 2 aliphatic rings. The van der Waals surface area contributed by atoms with Crippen molar-refractivity contribution in [1.29, 1.82) is 0 Å². The molecule has 146 valence electrons. The van der Waals surface area contributed by atoms with Gasteiger partial charge in [-0.1, -0.05) is 30.3 Å². The van der Waals surface area contributed by atoms with Crippen LogP contribution in [0.5, 0.6) is 0 Å². The lowest BCUT2D eigenvalue weighted by molar-refractivity contribution is -0.124. The highest BCUT2D eigenvalue weighted by molar-refractivity contribution is 7.89. The van der Waals surface area contributed by atoms with Gasteiger partial charge in [-0.05, 0) is 48.6 Å². The summed E-state index contributed by atoms with van der Waals surface area (Å²) in [5.74, 6) is -0.745. The van der Waals surface area contributed by atoms with E-state index < -0.39 is 22.1 Å². The van der Waals surface area contributed by atoms with Crippen molar-refractivity contribution >= 4 is 21.8 Å². The van der Waals surface area contributed by atoms with Gasteiger partial charge >= 0.3 is 5.97 Å². The van der Waals surface area contributed by atoms with Gasteiger partial charge in [0.1, 0.15) is 0 Å². The number of rotatable bonds is 4. The van der Waals surface area contributed by atoms with Crippen molar-refractivity contribution in [2.24, 2.45) is 0 Å². The highest BCUT2D eigenvalue weighted by Gasteiger charge is 2.31. The van der Waals surface area contributed by atoms with Gasteiger partial charge in [0.2, 0.25) is 10.0 Å². The number of nitrogens with zero attached hydrogens (tertiary/aromatic N) is 1. The van der Waals surface area contributed by atoms with Crippen LogP contribution in [0.1, 0.15) is 40.7 Å². The Morgan fingerprint density at radius 2 is 1.82 bits per heavy atom. The van der Waals surface area contributed by atoms with Gasteiger partial charge in [-0.2, -0.15) is 4.31 Å². The van der Waals surface area contributed by atoms with Crippen LogP contribution in [0.4, 0.5) is 0 Å². The van der Waals surface area contributed by atoms with Gasteiger partial charge in [0.25, 0.3) is 0 Å². The molecule has 1 aliphatic heterocycles. The van der Waals surface area contributed by atoms with Crippen molar-refractivity contribution in [3.05, 3.63) is 65.2 Å². The van der Waals surface area contributed by atoms with Crippen molar-refractivity contribution in [3.8, 4) is 0 Å². The molecule has 2 aromatic carbocycles. The van der Waals surface area contributed by atoms with Crippen LogP contribution in [0.3, 0.4) is 0 Å². The Morgan fingerprint density at radius 3 is 2.57 bits per heavy atom. The van der Waals surface area contributed by atoms with E-state index in [0.29, 0.717) is 38.8 Å². The summed E-state index contributed by atoms with van der Waals surface area (Å²) in [6.07, 6.45) is 1.59. The Balaban J connectivity index is 1.55. The first-order valence-corrected chi connectivity index (χ1v) is 10.8. The molecule has 7 heteroatoms. The zero-order valence-corrected chi connectivity index (χ0v) is 16.2. The van der Waals surface area contributed by atoms with E-state index in [2.05, 4.69) is 0 Å². The zero-order chi connectivity index (χ0) is 19.7. The molecular formula is C21H21NO5S. The van der Waals surface area contributed by atoms with E-state index in [9.17, 15) is 18.0 Å². The average Bonchev–Trinajstić information content (AvgIpc) is 3.12. The molecule has 4 rings (SSSR count). The SMILES string of the molecule is O=C(O[C@@H]1CCCC1=O)c1cccc(S(=O)(=O)N2CCc3ccccc3C2)c1. The van der Waals surface area contributed by atoms with E-state index in [1.54, 1.807) is 0 Å². The number of ether oxygens (including phenoxy) is 1. The van der Waals surface area contributed by atoms with E-state index in [1.807, 2.05) is 24.3 Å². The monoisotopic (exact) mass is 399 g/mol. The lowest BCUT2D eigenvalue weighted by Gasteiger charge is -2.28. The molecule has 1 saturated carbocycles. The Bertz CT molecular complexity index is 1030. The number of ketones is 1. The number of esters is 1. The molecule has 1 atom stereocenters. The molecular weight excluding hydrogens is 378 g/mol. The largest absolute Gasteiger partial charge is 0.451 e. The number of carbonyl (C=O) groups is 2. The van der Waals surface area contributed by atoms with Gasteiger partial charge in [-0.15, -0.1) is 0 Å². The fourth-order valence-corrected chi connectivity index (χ4v) is 5.18. The van der Waals surface area contributed by atoms with E-state index in [0.717, 1.165) is 11.1 Å². The maximum Gasteiger partial charge on any atom is 0.338 e. The molecule has 0 saturated heterocycles. The molecule has 0 amide bonds. The third-order valence-electron chi connectivity index (χ3n) is 5.30. The molecule has 0 unspecified atom stereocenters. The van der Waals surface area contributed by atoms with Crippen molar-refractivity contribution in [1.82, 2.24) is 4.31 Å². The smallest absolute Gasteiger partial charge is 0.338 e. The Kier molecular flexibility index (Phi) is 5.03. The second-order valence-corrected chi connectivity index (χ2v) is 9.08. The van der Waals surface area contributed by atoms with Crippen LogP contribution in [0, 0.1) is 0 Å². The van der Waals surface area contributed by atoms with Crippen molar-refractivity contribution in [3.63, 3.8) is 0 Å². The molecule has 0 spiro atoms. The summed E-state index contributed by atoms with van der Waals surface area (Å²) < 4.78 is 32.9. The number of fused-ring (bicyclic) bond motifs is 1. The summed E-state index contributed by atoms with van der Waals surface area (Å²) in [6, 6.07) is 13.6. The molecule has 0 N–H and O–H groups in total. The van der Waals surface area contributed by atoms with E-state index in [4.69, 9.17) is 4.74 Å². The number of hydrogen-bond donors (Lipinski definition) is 0. The molecule has 0 radical (unpaired) electrons. The summed E-state index contributed by atoms with van der Waals surface area (Å²) in [4.78, 5) is 24.1. The van der Waals surface area contributed by atoms with E-state index in [-0.39, 0.29) is 16.2 Å². The van der Waals surface area contributed by atoms with Gasteiger partial charge in [-0.25, -0.2) is 13.2 Å². The first-order valence-electron chi connectivity index (χ1n) is 9.36. The highest BCUT2D eigenvalue weighted by Crippen LogP contribution is 2.26. The summed E-state index contributed by atoms with van der Waals surface area (Å²) in [7, 11) is -3.74. The van der Waals surface area contributed by atoms with Gasteiger partial charge in [0, 0.05) is 19.5 Å². The van der Waals surface area contributed by atoms with Crippen LogP contribution in [-0.4, -0.2) is 37.1 Å². The van der Waals surface area contributed by atoms with E-state index in [1.165, 1.54) is 28.6 Å². The molecule has 6 nitrogen and oxygen atoms in total. The maximum absolute atomic E-state index is 13.1. The van der Waals surface area contributed by atoms with Crippen LogP contribution >= 0.6 is 0 Å². The summed E-state index contributed by atoms with van der Waals surface area (Å²) in [5, 5.41) is 0. The Labute approximate surface area is 164 Å². The molecule has 1 heterocycles. The van der Waals surface area contributed by atoms with Crippen molar-refractivity contribution in [2.75, 3.05) is 6.54 Å². The third kappa shape index (κ3) is 3.59. The predicted octanol–water partition coefficient (Wildman–Crippen LogP) is 2.71. The maximum atomic E-state index is 13.1. The quantitative estimate of drug-likeness (QED) is 0.739. The van der Waals surface area contributed by atoms with E-state index >= 15 is 0 Å². The van der Waals surface area contributed by atoms with Gasteiger partial charge < -0.3 is 4.74 Å². The Hall–Kier alpha value is -2.51. The summed E-state index contributed by atoms with van der Waals surface area (Å²) in [5.41, 5.74) is 2.29. The van der Waals surface area contributed by atoms with Crippen LogP contribution in [0.25, 0.3) is 0 Å². The number of sulfonamides is 1. The lowest BCUT2D eigenvalue weighted by Crippen LogP contribution is -2.36. The fourth-order valence-electron chi connectivity index (χ4n) is 3.71. The summed E-state index contributed by atoms with van der Waals surface area (Å²) in [6.45, 7) is 0.703. The molecule has 0 bridgehead atoms. The number of benzene rings is 2. The molecule has 1 aliphatic carbocycles. The van der Waals surface area contributed by atoms with Crippen molar-refractivity contribution in [2.45, 2.75) is 43.2 Å². The van der Waals surface area contributed by atoms with Gasteiger partial charge in [0.15, 0.2) is 11.9 Å². The first-order chi connectivity index (χ1) is 13.4. The van der Waals surface area contributed by atoms with Crippen LogP contribution < -0.4 is 0 Å². The second kappa shape index (κ2) is 7.48. The lowest BCUT2D eigenvalue weighted by atomic mass is 10.0. The van der Waals surface area contributed by atoms with Crippen LogP contribution in [-0.2, 0) is 32.5 Å². The molecule has 2 aromatic rings. The molecule has 1 fully saturated rings. The zero-order valence-electron chi connectivity index (χ0n) is 15.3. The minimum Gasteiger partial charge on any atom is -0.451 e. The topological polar surface area (TPSA) is 80.8 Å². The third-order valence-corrected chi connectivity index (χ3v) is 7.14. The van der Waals surface area contributed by atoms with Crippen LogP contribution in [0.2, 0.25) is 0 Å². The van der Waals surface area contributed by atoms with Gasteiger partial charge in [0.05, 0.1) is 10.5 Å². The molecule has 28 heavy (non-hydrogen) atoms. The number of carbonyl (C=O) groups excluding carboxylic acids is 2. The first kappa shape index (κ1) is 18.8. The Morgan fingerprint density at radius 1 is 1.04 bits per heavy atom. The standard InChI is InChI=1S/C21H21NO5S/c23-19-9-4-10-20(19)27-21(24)16-7-3-8-18(13-16)28(25,26)22-12-11-15-5-1-2-6-17(15)14-22/h1-3,5-8,13,20H,4,9-12,14H2/t20-/m1/s1. The second-order valence-electron chi connectivity index (χ2n) is 7.14. The number of Topliss-reactive ketones (excluding diaryl/α,β-unsaturated/α-hetero) is 1. The van der Waals surface area contributed by atoms with Gasteiger partial charge in [-0.3, -0.25) is 4.79 Å². The van der Waals surface area contributed by atoms with Crippen LogP contribution in [0.15, 0.2) is 53.4 Å². The average molecular weight is 399 g/mol. The molecule has 0 aromatic heterocycles. The summed E-state index contributed by atoms with van der Waals surface area (Å²) >= 11 is 0.